The summed E-state index contributed by atoms with van der Waals surface area (Å²) in [6.45, 7) is 1.96. The molecule has 0 aromatic heterocycles. The summed E-state index contributed by atoms with van der Waals surface area (Å²) >= 11 is 0. The van der Waals surface area contributed by atoms with Gasteiger partial charge in [0.1, 0.15) is 11.5 Å². The van der Waals surface area contributed by atoms with Crippen molar-refractivity contribution >= 4 is 5.91 Å². The number of hydrogen-bond donors (Lipinski definition) is 2. The van der Waals surface area contributed by atoms with Gasteiger partial charge in [0.2, 0.25) is 0 Å². The number of hydrogen-bond acceptors (Lipinski definition) is 3. The van der Waals surface area contributed by atoms with Crippen molar-refractivity contribution in [2.24, 2.45) is 0 Å². The van der Waals surface area contributed by atoms with Crippen molar-refractivity contribution in [1.29, 1.82) is 0 Å². The Labute approximate surface area is 139 Å². The third-order valence-corrected chi connectivity index (χ3v) is 3.42. The quantitative estimate of drug-likeness (QED) is 0.812. The highest BCUT2D eigenvalue weighted by atomic mass is 19.2. The predicted octanol–water partition coefficient (Wildman–Crippen LogP) is 3.65. The largest absolute Gasteiger partial charge is 0.457 e. The van der Waals surface area contributed by atoms with Crippen LogP contribution in [0.15, 0.2) is 42.5 Å². The summed E-state index contributed by atoms with van der Waals surface area (Å²) in [6, 6.07) is 9.55. The van der Waals surface area contributed by atoms with Gasteiger partial charge in [0.05, 0.1) is 0 Å². The van der Waals surface area contributed by atoms with E-state index in [1.165, 1.54) is 6.07 Å². The topological polar surface area (TPSA) is 58.6 Å². The molecule has 2 aromatic rings. The zero-order chi connectivity index (χ0) is 17.5. The third-order valence-electron chi connectivity index (χ3n) is 3.42. The molecule has 24 heavy (non-hydrogen) atoms. The van der Waals surface area contributed by atoms with Gasteiger partial charge in [0.25, 0.3) is 5.91 Å². The summed E-state index contributed by atoms with van der Waals surface area (Å²) in [7, 11) is 0. The molecule has 0 aliphatic heterocycles. The Morgan fingerprint density at radius 2 is 1.79 bits per heavy atom. The zero-order valence-corrected chi connectivity index (χ0v) is 13.3. The lowest BCUT2D eigenvalue weighted by molar-refractivity contribution is 0.0936. The summed E-state index contributed by atoms with van der Waals surface area (Å²) in [5, 5.41) is 11.6. The van der Waals surface area contributed by atoms with Crippen molar-refractivity contribution < 1.29 is 23.4 Å². The molecule has 0 bridgehead atoms. The fourth-order valence-corrected chi connectivity index (χ4v) is 2.13. The van der Waals surface area contributed by atoms with Gasteiger partial charge in [0.15, 0.2) is 11.6 Å². The number of ether oxygens (including phenoxy) is 1. The first kappa shape index (κ1) is 17.9. The number of aliphatic hydroxyl groups excluding tert-OH is 1. The van der Waals surface area contributed by atoms with Crippen LogP contribution in [0.2, 0.25) is 0 Å². The van der Waals surface area contributed by atoms with E-state index in [2.05, 4.69) is 5.32 Å². The molecule has 0 spiro atoms. The number of halogens is 2. The molecule has 0 heterocycles. The van der Waals surface area contributed by atoms with Gasteiger partial charge < -0.3 is 15.2 Å². The van der Waals surface area contributed by atoms with Crippen LogP contribution in [0.1, 0.15) is 30.1 Å². The SMILES string of the molecule is CC(CCCO)NC(=O)c1ccc(Oc2ccc(F)c(F)c2)cc1. The molecule has 1 unspecified atom stereocenters. The number of rotatable bonds is 7. The van der Waals surface area contributed by atoms with Crippen LogP contribution in [-0.2, 0) is 0 Å². The van der Waals surface area contributed by atoms with E-state index in [9.17, 15) is 13.6 Å². The van der Waals surface area contributed by atoms with E-state index >= 15 is 0 Å². The Hall–Kier alpha value is -2.47. The molecule has 2 aromatic carbocycles. The van der Waals surface area contributed by atoms with Crippen LogP contribution in [-0.4, -0.2) is 23.7 Å². The highest BCUT2D eigenvalue weighted by Gasteiger charge is 2.10. The van der Waals surface area contributed by atoms with Crippen molar-refractivity contribution in [1.82, 2.24) is 5.32 Å². The van der Waals surface area contributed by atoms with Gasteiger partial charge in [-0.25, -0.2) is 8.78 Å². The van der Waals surface area contributed by atoms with Crippen LogP contribution in [0.3, 0.4) is 0 Å². The van der Waals surface area contributed by atoms with Crippen molar-refractivity contribution in [3.63, 3.8) is 0 Å². The number of aliphatic hydroxyl groups is 1. The van der Waals surface area contributed by atoms with Gasteiger partial charge >= 0.3 is 0 Å². The average Bonchev–Trinajstić information content (AvgIpc) is 2.57. The molecule has 2 rings (SSSR count). The lowest BCUT2D eigenvalue weighted by atomic mass is 10.1. The first-order valence-corrected chi connectivity index (χ1v) is 7.64. The predicted molar refractivity (Wildman–Crippen MR) is 86.1 cm³/mol. The van der Waals surface area contributed by atoms with E-state index in [0.29, 0.717) is 24.2 Å². The minimum Gasteiger partial charge on any atom is -0.457 e. The molecule has 0 saturated heterocycles. The fourth-order valence-electron chi connectivity index (χ4n) is 2.13. The van der Waals surface area contributed by atoms with Gasteiger partial charge in [-0.2, -0.15) is 0 Å². The first-order valence-electron chi connectivity index (χ1n) is 7.64. The van der Waals surface area contributed by atoms with Gasteiger partial charge in [-0.3, -0.25) is 4.79 Å². The maximum atomic E-state index is 13.1. The molecule has 0 saturated carbocycles. The van der Waals surface area contributed by atoms with E-state index in [4.69, 9.17) is 9.84 Å². The Morgan fingerprint density at radius 3 is 2.42 bits per heavy atom. The van der Waals surface area contributed by atoms with Gasteiger partial charge in [0, 0.05) is 24.3 Å². The van der Waals surface area contributed by atoms with Gasteiger partial charge in [-0.15, -0.1) is 0 Å². The highest BCUT2D eigenvalue weighted by molar-refractivity contribution is 5.94. The minimum absolute atomic E-state index is 0.0391. The number of carbonyl (C=O) groups is 1. The van der Waals surface area contributed by atoms with E-state index in [1.807, 2.05) is 6.92 Å². The Balaban J connectivity index is 1.97. The molecule has 2 N–H and O–H groups in total. The first-order chi connectivity index (χ1) is 11.5. The van der Waals surface area contributed by atoms with Crippen LogP contribution in [0.5, 0.6) is 11.5 Å². The smallest absolute Gasteiger partial charge is 0.251 e. The van der Waals surface area contributed by atoms with Crippen LogP contribution >= 0.6 is 0 Å². The van der Waals surface area contributed by atoms with E-state index in [1.54, 1.807) is 24.3 Å². The highest BCUT2D eigenvalue weighted by Crippen LogP contribution is 2.23. The monoisotopic (exact) mass is 335 g/mol. The van der Waals surface area contributed by atoms with E-state index < -0.39 is 11.6 Å². The lowest BCUT2D eigenvalue weighted by Crippen LogP contribution is -2.32. The van der Waals surface area contributed by atoms with Crippen molar-refractivity contribution in [3.8, 4) is 11.5 Å². The average molecular weight is 335 g/mol. The van der Waals surface area contributed by atoms with Crippen LogP contribution in [0.4, 0.5) is 8.78 Å². The molecule has 0 aliphatic rings. The van der Waals surface area contributed by atoms with Crippen molar-refractivity contribution in [3.05, 3.63) is 59.7 Å². The molecule has 0 fully saturated rings. The number of amides is 1. The Bertz CT molecular complexity index is 689. The number of nitrogens with one attached hydrogen (secondary N) is 1. The van der Waals surface area contributed by atoms with Gasteiger partial charge in [-0.05, 0) is 56.2 Å². The third kappa shape index (κ3) is 5.03. The van der Waals surface area contributed by atoms with Crippen LogP contribution in [0.25, 0.3) is 0 Å². The molecular formula is C18H19F2NO3. The molecular weight excluding hydrogens is 316 g/mol. The number of carbonyl (C=O) groups excluding carboxylic acids is 1. The molecule has 128 valence electrons. The molecule has 1 atom stereocenters. The summed E-state index contributed by atoms with van der Waals surface area (Å²) in [6.07, 6.45) is 1.32. The van der Waals surface area contributed by atoms with Crippen LogP contribution in [0, 0.1) is 11.6 Å². The summed E-state index contributed by atoms with van der Waals surface area (Å²) in [4.78, 5) is 12.1. The van der Waals surface area contributed by atoms with E-state index in [0.717, 1.165) is 12.1 Å². The molecule has 6 heteroatoms. The number of benzene rings is 2. The molecule has 0 radical (unpaired) electrons. The Morgan fingerprint density at radius 1 is 1.12 bits per heavy atom. The fraction of sp³-hybridized carbons (Fsp3) is 0.278. The summed E-state index contributed by atoms with van der Waals surface area (Å²) < 4.78 is 31.4. The van der Waals surface area contributed by atoms with Crippen molar-refractivity contribution in [2.75, 3.05) is 6.61 Å². The summed E-state index contributed by atoms with van der Waals surface area (Å²) in [5.74, 6) is -1.57. The second-order valence-corrected chi connectivity index (χ2v) is 5.44. The summed E-state index contributed by atoms with van der Waals surface area (Å²) in [5.41, 5.74) is 0.462. The second kappa shape index (κ2) is 8.40. The molecule has 0 aliphatic carbocycles. The molecule has 4 nitrogen and oxygen atoms in total. The molecule has 1 amide bonds. The normalized spacial score (nSPS) is 11.8. The Kier molecular flexibility index (Phi) is 6.26. The zero-order valence-electron chi connectivity index (χ0n) is 13.3. The maximum absolute atomic E-state index is 13.1. The van der Waals surface area contributed by atoms with Crippen molar-refractivity contribution in [2.45, 2.75) is 25.8 Å². The standard InChI is InChI=1S/C18H19F2NO3/c1-12(3-2-10-22)21-18(23)13-4-6-14(7-5-13)24-15-8-9-16(19)17(20)11-15/h4-9,11-12,22H,2-3,10H2,1H3,(H,21,23). The minimum atomic E-state index is -0.986. The van der Waals surface area contributed by atoms with Gasteiger partial charge in [-0.1, -0.05) is 0 Å². The maximum Gasteiger partial charge on any atom is 0.251 e. The van der Waals surface area contributed by atoms with Crippen LogP contribution < -0.4 is 10.1 Å². The second-order valence-electron chi connectivity index (χ2n) is 5.44. The van der Waals surface area contributed by atoms with E-state index in [-0.39, 0.29) is 24.3 Å². The lowest BCUT2D eigenvalue weighted by Gasteiger charge is -2.13.